The molecule has 0 radical (unpaired) electrons. The van der Waals surface area contributed by atoms with Crippen molar-refractivity contribution in [2.24, 2.45) is 11.8 Å². The van der Waals surface area contributed by atoms with E-state index in [9.17, 15) is 9.90 Å². The zero-order chi connectivity index (χ0) is 13.3. The zero-order valence-electron chi connectivity index (χ0n) is 10.7. The molecule has 1 atom stereocenters. The summed E-state index contributed by atoms with van der Waals surface area (Å²) >= 11 is 5.98. The van der Waals surface area contributed by atoms with Crippen LogP contribution in [-0.2, 0) is 0 Å². The summed E-state index contributed by atoms with van der Waals surface area (Å²) in [6.45, 7) is 6.25. The van der Waals surface area contributed by atoms with Crippen molar-refractivity contribution >= 4 is 23.3 Å². The number of carbonyl (C=O) groups is 1. The monoisotopic (exact) mass is 267 g/mol. The molecule has 1 aliphatic heterocycles. The van der Waals surface area contributed by atoms with Gasteiger partial charge >= 0.3 is 5.97 Å². The molecule has 0 amide bonds. The normalized spacial score (nSPS) is 19.6. The molecule has 0 saturated carbocycles. The van der Waals surface area contributed by atoms with E-state index in [0.717, 1.165) is 25.2 Å². The number of hydrogen-bond donors (Lipinski definition) is 1. The first-order valence-corrected chi connectivity index (χ1v) is 6.64. The lowest BCUT2D eigenvalue weighted by molar-refractivity contribution is 0.0697. The molecule has 1 N–H and O–H groups in total. The second kappa shape index (κ2) is 5.19. The van der Waals surface area contributed by atoms with Crippen LogP contribution in [0.5, 0.6) is 0 Å². The third-order valence-corrected chi connectivity index (χ3v) is 3.93. The van der Waals surface area contributed by atoms with Crippen LogP contribution >= 0.6 is 11.6 Å². The average Bonchev–Trinajstić information content (AvgIpc) is 2.77. The van der Waals surface area contributed by atoms with Crippen LogP contribution in [0.15, 0.2) is 18.2 Å². The summed E-state index contributed by atoms with van der Waals surface area (Å²) in [6, 6.07) is 4.97. The third kappa shape index (κ3) is 2.61. The molecule has 1 heterocycles. The van der Waals surface area contributed by atoms with Gasteiger partial charge in [0.05, 0.1) is 11.3 Å². The molecule has 2 rings (SSSR count). The summed E-state index contributed by atoms with van der Waals surface area (Å²) in [7, 11) is 0. The Morgan fingerprint density at radius 2 is 2.22 bits per heavy atom. The molecule has 1 unspecified atom stereocenters. The molecule has 0 aliphatic carbocycles. The summed E-state index contributed by atoms with van der Waals surface area (Å²) in [5.74, 6) is 0.364. The minimum absolute atomic E-state index is 0.337. The SMILES string of the molecule is CC(C)C1CCN(c2cc(Cl)ccc2C(=O)O)C1. The van der Waals surface area contributed by atoms with E-state index in [4.69, 9.17) is 11.6 Å². The van der Waals surface area contributed by atoms with E-state index in [1.807, 2.05) is 0 Å². The van der Waals surface area contributed by atoms with Crippen LogP contribution < -0.4 is 4.90 Å². The molecule has 4 heteroatoms. The predicted octanol–water partition coefficient (Wildman–Crippen LogP) is 3.52. The Hall–Kier alpha value is -1.22. The van der Waals surface area contributed by atoms with Gasteiger partial charge in [-0.05, 0) is 36.5 Å². The maximum Gasteiger partial charge on any atom is 0.337 e. The molecule has 1 fully saturated rings. The van der Waals surface area contributed by atoms with Crippen LogP contribution in [0.25, 0.3) is 0 Å². The van der Waals surface area contributed by atoms with E-state index < -0.39 is 5.97 Å². The van der Waals surface area contributed by atoms with Gasteiger partial charge in [-0.2, -0.15) is 0 Å². The standard InChI is InChI=1S/C14H18ClNO2/c1-9(2)10-5-6-16(8-10)13-7-11(15)3-4-12(13)14(17)18/h3-4,7,9-10H,5-6,8H2,1-2H3,(H,17,18). The predicted molar refractivity (Wildman–Crippen MR) is 73.6 cm³/mol. The number of carboxylic acids is 1. The van der Waals surface area contributed by atoms with Crippen molar-refractivity contribution in [3.8, 4) is 0 Å². The Morgan fingerprint density at radius 3 is 2.78 bits per heavy atom. The average molecular weight is 268 g/mol. The first-order chi connectivity index (χ1) is 8.49. The number of carboxylic acid groups (broad SMARTS) is 1. The lowest BCUT2D eigenvalue weighted by Crippen LogP contribution is -2.23. The lowest BCUT2D eigenvalue weighted by atomic mass is 9.95. The van der Waals surface area contributed by atoms with Crippen molar-refractivity contribution in [1.29, 1.82) is 0 Å². The smallest absolute Gasteiger partial charge is 0.337 e. The highest BCUT2D eigenvalue weighted by molar-refractivity contribution is 6.31. The highest BCUT2D eigenvalue weighted by Crippen LogP contribution is 2.32. The van der Waals surface area contributed by atoms with Crippen molar-refractivity contribution in [2.45, 2.75) is 20.3 Å². The summed E-state index contributed by atoms with van der Waals surface area (Å²) < 4.78 is 0. The van der Waals surface area contributed by atoms with Crippen LogP contribution in [0.2, 0.25) is 5.02 Å². The maximum absolute atomic E-state index is 11.2. The highest BCUT2D eigenvalue weighted by Gasteiger charge is 2.27. The minimum Gasteiger partial charge on any atom is -0.478 e. The van der Waals surface area contributed by atoms with Gasteiger partial charge < -0.3 is 10.0 Å². The quantitative estimate of drug-likeness (QED) is 0.911. The minimum atomic E-state index is -0.894. The fourth-order valence-electron chi connectivity index (χ4n) is 2.50. The van der Waals surface area contributed by atoms with Crippen molar-refractivity contribution in [1.82, 2.24) is 0 Å². The Kier molecular flexibility index (Phi) is 3.81. The Bertz CT molecular complexity index is 459. The summed E-state index contributed by atoms with van der Waals surface area (Å²) in [5.41, 5.74) is 1.09. The summed E-state index contributed by atoms with van der Waals surface area (Å²) in [6.07, 6.45) is 1.11. The van der Waals surface area contributed by atoms with Crippen molar-refractivity contribution in [2.75, 3.05) is 18.0 Å². The van der Waals surface area contributed by atoms with Crippen LogP contribution in [-0.4, -0.2) is 24.2 Å². The van der Waals surface area contributed by atoms with Gasteiger partial charge in [-0.1, -0.05) is 25.4 Å². The van der Waals surface area contributed by atoms with Gasteiger partial charge in [-0.25, -0.2) is 4.79 Å². The molecule has 1 aliphatic rings. The van der Waals surface area contributed by atoms with Gasteiger partial charge in [0.2, 0.25) is 0 Å². The number of halogens is 1. The van der Waals surface area contributed by atoms with Gasteiger partial charge in [-0.15, -0.1) is 0 Å². The number of hydrogen-bond acceptors (Lipinski definition) is 2. The van der Waals surface area contributed by atoms with Gasteiger partial charge in [0.1, 0.15) is 0 Å². The first kappa shape index (κ1) is 13.2. The maximum atomic E-state index is 11.2. The number of rotatable bonds is 3. The molecule has 1 aromatic carbocycles. The van der Waals surface area contributed by atoms with Gasteiger partial charge in [0.25, 0.3) is 0 Å². The Morgan fingerprint density at radius 1 is 1.50 bits per heavy atom. The van der Waals surface area contributed by atoms with Crippen LogP contribution in [0.3, 0.4) is 0 Å². The fourth-order valence-corrected chi connectivity index (χ4v) is 2.66. The largest absolute Gasteiger partial charge is 0.478 e. The molecule has 0 bridgehead atoms. The van der Waals surface area contributed by atoms with E-state index in [2.05, 4.69) is 18.7 Å². The van der Waals surface area contributed by atoms with E-state index in [1.165, 1.54) is 0 Å². The van der Waals surface area contributed by atoms with Gasteiger partial charge in [0.15, 0.2) is 0 Å². The summed E-state index contributed by atoms with van der Waals surface area (Å²) in [4.78, 5) is 13.4. The zero-order valence-corrected chi connectivity index (χ0v) is 11.4. The molecule has 0 aromatic heterocycles. The third-order valence-electron chi connectivity index (χ3n) is 3.70. The number of benzene rings is 1. The number of aromatic carboxylic acids is 1. The van der Waals surface area contributed by atoms with Crippen molar-refractivity contribution in [3.05, 3.63) is 28.8 Å². The topological polar surface area (TPSA) is 40.5 Å². The molecule has 1 saturated heterocycles. The second-order valence-electron chi connectivity index (χ2n) is 5.21. The van der Waals surface area contributed by atoms with Crippen LogP contribution in [0.4, 0.5) is 5.69 Å². The fraction of sp³-hybridized carbons (Fsp3) is 0.500. The van der Waals surface area contributed by atoms with E-state index in [0.29, 0.717) is 22.4 Å². The molecular weight excluding hydrogens is 250 g/mol. The summed E-state index contributed by atoms with van der Waals surface area (Å²) in [5, 5.41) is 9.81. The molecule has 98 valence electrons. The number of anilines is 1. The van der Waals surface area contributed by atoms with Gasteiger partial charge in [-0.3, -0.25) is 0 Å². The van der Waals surface area contributed by atoms with Crippen molar-refractivity contribution in [3.63, 3.8) is 0 Å². The molecule has 3 nitrogen and oxygen atoms in total. The Balaban J connectivity index is 2.28. The van der Waals surface area contributed by atoms with Crippen LogP contribution in [0.1, 0.15) is 30.6 Å². The number of nitrogens with zero attached hydrogens (tertiary/aromatic N) is 1. The lowest BCUT2D eigenvalue weighted by Gasteiger charge is -2.22. The highest BCUT2D eigenvalue weighted by atomic mass is 35.5. The first-order valence-electron chi connectivity index (χ1n) is 6.27. The van der Waals surface area contributed by atoms with E-state index in [1.54, 1.807) is 18.2 Å². The molecular formula is C14H18ClNO2. The van der Waals surface area contributed by atoms with Crippen LogP contribution in [0, 0.1) is 11.8 Å². The van der Waals surface area contributed by atoms with E-state index in [-0.39, 0.29) is 0 Å². The Labute approximate surface area is 112 Å². The second-order valence-corrected chi connectivity index (χ2v) is 5.64. The van der Waals surface area contributed by atoms with E-state index >= 15 is 0 Å². The molecule has 0 spiro atoms. The van der Waals surface area contributed by atoms with Crippen molar-refractivity contribution < 1.29 is 9.90 Å². The van der Waals surface area contributed by atoms with Gasteiger partial charge in [0, 0.05) is 18.1 Å². The molecule has 18 heavy (non-hydrogen) atoms. The molecule has 1 aromatic rings.